The summed E-state index contributed by atoms with van der Waals surface area (Å²) in [5.74, 6) is 0. The second-order valence-corrected chi connectivity index (χ2v) is 3.68. The number of hydrogen-bond donors (Lipinski definition) is 1. The Balaban J connectivity index is 2.95. The Bertz CT molecular complexity index is 422. The first kappa shape index (κ1) is 12.4. The molecule has 0 atom stereocenters. The zero-order chi connectivity index (χ0) is 12.1. The molecular formula is C9H9BrN2O4. The van der Waals surface area contributed by atoms with Crippen LogP contribution in [0.1, 0.15) is 6.92 Å². The fourth-order valence-corrected chi connectivity index (χ4v) is 1.39. The Labute approximate surface area is 99.9 Å². The van der Waals surface area contributed by atoms with Crippen molar-refractivity contribution in [3.8, 4) is 0 Å². The van der Waals surface area contributed by atoms with E-state index in [1.165, 1.54) is 12.1 Å². The minimum absolute atomic E-state index is 0.103. The number of nitrogens with zero attached hydrogens (tertiary/aromatic N) is 1. The average molecular weight is 289 g/mol. The van der Waals surface area contributed by atoms with Crippen LogP contribution in [0.4, 0.5) is 16.2 Å². The van der Waals surface area contributed by atoms with Crippen LogP contribution < -0.4 is 5.32 Å². The van der Waals surface area contributed by atoms with Gasteiger partial charge in [0.15, 0.2) is 0 Å². The molecular weight excluding hydrogens is 280 g/mol. The number of benzene rings is 1. The maximum Gasteiger partial charge on any atom is 0.411 e. The van der Waals surface area contributed by atoms with Crippen molar-refractivity contribution in [2.24, 2.45) is 0 Å². The molecule has 0 aromatic heterocycles. The van der Waals surface area contributed by atoms with E-state index in [0.717, 1.165) is 0 Å². The van der Waals surface area contributed by atoms with Crippen LogP contribution in [-0.2, 0) is 4.74 Å². The molecule has 7 heteroatoms. The van der Waals surface area contributed by atoms with E-state index in [4.69, 9.17) is 0 Å². The minimum Gasteiger partial charge on any atom is -0.450 e. The summed E-state index contributed by atoms with van der Waals surface area (Å²) >= 11 is 3.11. The summed E-state index contributed by atoms with van der Waals surface area (Å²) in [4.78, 5) is 21.2. The third-order valence-corrected chi connectivity index (χ3v) is 2.16. The van der Waals surface area contributed by atoms with E-state index in [2.05, 4.69) is 26.0 Å². The van der Waals surface area contributed by atoms with Gasteiger partial charge in [-0.05, 0) is 19.1 Å². The van der Waals surface area contributed by atoms with Crippen LogP contribution in [0.5, 0.6) is 0 Å². The number of anilines is 1. The van der Waals surface area contributed by atoms with Crippen LogP contribution in [-0.4, -0.2) is 17.6 Å². The SMILES string of the molecule is CCOC(=O)Nc1ccc(Br)cc1[N+](=O)[O-]. The van der Waals surface area contributed by atoms with E-state index in [9.17, 15) is 14.9 Å². The number of rotatable bonds is 3. The number of amides is 1. The third kappa shape index (κ3) is 3.20. The van der Waals surface area contributed by atoms with Gasteiger partial charge in [0, 0.05) is 10.5 Å². The Kier molecular flexibility index (Phi) is 4.24. The number of carbonyl (C=O) groups is 1. The summed E-state index contributed by atoms with van der Waals surface area (Å²) in [5.41, 5.74) is -0.0888. The van der Waals surface area contributed by atoms with E-state index in [0.29, 0.717) is 4.47 Å². The summed E-state index contributed by atoms with van der Waals surface area (Å²) in [6.45, 7) is 1.85. The number of nitrogens with one attached hydrogen (secondary N) is 1. The molecule has 0 saturated carbocycles. The highest BCUT2D eigenvalue weighted by Gasteiger charge is 2.16. The molecule has 1 amide bonds. The molecule has 1 rings (SSSR count). The number of carbonyl (C=O) groups excluding carboxylic acids is 1. The van der Waals surface area contributed by atoms with E-state index in [1.807, 2.05) is 0 Å². The predicted molar refractivity (Wildman–Crippen MR) is 61.4 cm³/mol. The molecule has 6 nitrogen and oxygen atoms in total. The first-order valence-corrected chi connectivity index (χ1v) is 5.21. The van der Waals surface area contributed by atoms with Gasteiger partial charge >= 0.3 is 6.09 Å². The summed E-state index contributed by atoms with van der Waals surface area (Å²) in [6, 6.07) is 4.33. The molecule has 0 unspecified atom stereocenters. The Morgan fingerprint density at radius 3 is 2.88 bits per heavy atom. The van der Waals surface area contributed by atoms with E-state index in [-0.39, 0.29) is 18.0 Å². The van der Waals surface area contributed by atoms with Gasteiger partial charge in [-0.25, -0.2) is 4.79 Å². The summed E-state index contributed by atoms with van der Waals surface area (Å²) in [6.07, 6.45) is -0.715. The number of nitro groups is 1. The topological polar surface area (TPSA) is 81.5 Å². The molecule has 0 bridgehead atoms. The lowest BCUT2D eigenvalue weighted by Crippen LogP contribution is -2.14. The predicted octanol–water partition coefficient (Wildman–Crippen LogP) is 2.93. The number of halogens is 1. The normalized spacial score (nSPS) is 9.62. The van der Waals surface area contributed by atoms with Crippen molar-refractivity contribution in [1.82, 2.24) is 0 Å². The Hall–Kier alpha value is -1.63. The smallest absolute Gasteiger partial charge is 0.411 e. The van der Waals surface area contributed by atoms with E-state index in [1.54, 1.807) is 13.0 Å². The van der Waals surface area contributed by atoms with Gasteiger partial charge in [-0.3, -0.25) is 15.4 Å². The lowest BCUT2D eigenvalue weighted by molar-refractivity contribution is -0.384. The highest BCUT2D eigenvalue weighted by molar-refractivity contribution is 9.10. The van der Waals surface area contributed by atoms with Gasteiger partial charge in [-0.1, -0.05) is 15.9 Å². The highest BCUT2D eigenvalue weighted by atomic mass is 79.9. The van der Waals surface area contributed by atoms with Gasteiger partial charge in [0.2, 0.25) is 0 Å². The first-order chi connectivity index (χ1) is 7.54. The molecule has 0 spiro atoms. The lowest BCUT2D eigenvalue weighted by Gasteiger charge is -2.05. The highest BCUT2D eigenvalue weighted by Crippen LogP contribution is 2.27. The summed E-state index contributed by atoms with van der Waals surface area (Å²) in [5, 5.41) is 13.0. The van der Waals surface area contributed by atoms with Crippen LogP contribution in [0.25, 0.3) is 0 Å². The van der Waals surface area contributed by atoms with Crippen molar-refractivity contribution in [2.75, 3.05) is 11.9 Å². The third-order valence-electron chi connectivity index (χ3n) is 1.67. The van der Waals surface area contributed by atoms with Crippen LogP contribution in [0, 0.1) is 10.1 Å². The van der Waals surface area contributed by atoms with Gasteiger partial charge in [0.25, 0.3) is 5.69 Å². The van der Waals surface area contributed by atoms with Crippen molar-refractivity contribution in [1.29, 1.82) is 0 Å². The number of ether oxygens (including phenoxy) is 1. The van der Waals surface area contributed by atoms with Gasteiger partial charge in [-0.15, -0.1) is 0 Å². The molecule has 0 aliphatic carbocycles. The van der Waals surface area contributed by atoms with Crippen LogP contribution >= 0.6 is 15.9 Å². The van der Waals surface area contributed by atoms with Crippen molar-refractivity contribution in [2.45, 2.75) is 6.92 Å². The van der Waals surface area contributed by atoms with Gasteiger partial charge in [0.05, 0.1) is 11.5 Å². The molecule has 0 radical (unpaired) electrons. The molecule has 16 heavy (non-hydrogen) atoms. The average Bonchev–Trinajstić information content (AvgIpc) is 2.20. The van der Waals surface area contributed by atoms with Crippen molar-refractivity contribution >= 4 is 33.4 Å². The van der Waals surface area contributed by atoms with Gasteiger partial charge in [-0.2, -0.15) is 0 Å². The molecule has 0 aliphatic rings. The molecule has 1 aromatic rings. The maximum absolute atomic E-state index is 11.1. The molecule has 0 aliphatic heterocycles. The maximum atomic E-state index is 11.1. The van der Waals surface area contributed by atoms with E-state index >= 15 is 0 Å². The molecule has 86 valence electrons. The van der Waals surface area contributed by atoms with Crippen molar-refractivity contribution < 1.29 is 14.5 Å². The van der Waals surface area contributed by atoms with Gasteiger partial charge in [0.1, 0.15) is 5.69 Å². The standard InChI is InChI=1S/C9H9BrN2O4/c1-2-16-9(13)11-7-4-3-6(10)5-8(7)12(14)15/h3-5H,2H2,1H3,(H,11,13). The largest absolute Gasteiger partial charge is 0.450 e. The number of nitro benzene ring substituents is 1. The second-order valence-electron chi connectivity index (χ2n) is 2.76. The molecule has 0 saturated heterocycles. The fourth-order valence-electron chi connectivity index (χ4n) is 1.04. The monoisotopic (exact) mass is 288 g/mol. The zero-order valence-corrected chi connectivity index (χ0v) is 9.98. The number of hydrogen-bond acceptors (Lipinski definition) is 4. The lowest BCUT2D eigenvalue weighted by atomic mass is 10.3. The zero-order valence-electron chi connectivity index (χ0n) is 8.40. The van der Waals surface area contributed by atoms with Crippen LogP contribution in [0.3, 0.4) is 0 Å². The molecule has 0 heterocycles. The van der Waals surface area contributed by atoms with Gasteiger partial charge < -0.3 is 4.74 Å². The van der Waals surface area contributed by atoms with Crippen molar-refractivity contribution in [3.63, 3.8) is 0 Å². The minimum atomic E-state index is -0.715. The Morgan fingerprint density at radius 1 is 1.62 bits per heavy atom. The molecule has 0 fully saturated rings. The second kappa shape index (κ2) is 5.45. The summed E-state index contributed by atoms with van der Waals surface area (Å²) in [7, 11) is 0. The van der Waals surface area contributed by atoms with Crippen molar-refractivity contribution in [3.05, 3.63) is 32.8 Å². The Morgan fingerprint density at radius 2 is 2.31 bits per heavy atom. The van der Waals surface area contributed by atoms with Crippen LogP contribution in [0.15, 0.2) is 22.7 Å². The molecule has 1 N–H and O–H groups in total. The first-order valence-electron chi connectivity index (χ1n) is 4.42. The molecule has 1 aromatic carbocycles. The summed E-state index contributed by atoms with van der Waals surface area (Å²) < 4.78 is 5.19. The van der Waals surface area contributed by atoms with E-state index < -0.39 is 11.0 Å². The quantitative estimate of drug-likeness (QED) is 0.685. The fraction of sp³-hybridized carbons (Fsp3) is 0.222. The van der Waals surface area contributed by atoms with Crippen LogP contribution in [0.2, 0.25) is 0 Å².